The Kier molecular flexibility index (Phi) is 7.24. The predicted octanol–water partition coefficient (Wildman–Crippen LogP) is 4.59. The molecule has 0 spiro atoms. The molecule has 1 aromatic heterocycles. The molecule has 4 aromatic rings. The van der Waals surface area contributed by atoms with E-state index in [0.717, 1.165) is 0 Å². The lowest BCUT2D eigenvalue weighted by Crippen LogP contribution is -2.54. The molecule has 3 heterocycles. The first-order chi connectivity index (χ1) is 20.6. The van der Waals surface area contributed by atoms with Gasteiger partial charge in [-0.25, -0.2) is 19.0 Å². The lowest BCUT2D eigenvalue weighted by atomic mass is 10.0. The molecular weight excluding hydrogens is 568 g/mol. The van der Waals surface area contributed by atoms with E-state index in [2.05, 4.69) is 15.3 Å². The van der Waals surface area contributed by atoms with E-state index < -0.39 is 36.6 Å². The number of amides is 3. The number of rotatable bonds is 4. The van der Waals surface area contributed by atoms with Crippen molar-refractivity contribution in [2.24, 2.45) is 4.99 Å². The van der Waals surface area contributed by atoms with Gasteiger partial charge < -0.3 is 15.2 Å². The molecule has 43 heavy (non-hydrogen) atoms. The molecule has 3 amide bonds. The number of urea groups is 1. The standard InChI is InChI=1S/C30H26F4N6O3/c31-19-10-11-24-22(16-19)35-29(43)40(24)20-12-14-38(15-13-20)28(42)37-26-27(41)39(17-30(32,33)34)23-9-5-4-8-21(23)25(36-26)18-6-2-1-3-7-18/h1-11,16,20,26H,12-15,17H2,(H,35,43)(H,37,42)/t26-/m0/s1. The smallest absolute Gasteiger partial charge is 0.325 e. The topological polar surface area (TPSA) is 103 Å². The highest BCUT2D eigenvalue weighted by atomic mass is 19.4. The van der Waals surface area contributed by atoms with Gasteiger partial charge in [0.15, 0.2) is 0 Å². The number of benzodiazepines with no additional fused rings is 1. The van der Waals surface area contributed by atoms with E-state index in [1.54, 1.807) is 47.0 Å². The van der Waals surface area contributed by atoms with E-state index in [-0.39, 0.29) is 36.2 Å². The molecule has 2 aliphatic heterocycles. The molecule has 3 aromatic carbocycles. The van der Waals surface area contributed by atoms with Gasteiger partial charge >= 0.3 is 17.9 Å². The van der Waals surface area contributed by atoms with Crippen LogP contribution in [0.5, 0.6) is 0 Å². The summed E-state index contributed by atoms with van der Waals surface area (Å²) in [6, 6.07) is 18.0. The number of nitrogens with one attached hydrogen (secondary N) is 2. The average Bonchev–Trinajstić information content (AvgIpc) is 3.27. The number of aromatic nitrogens is 2. The monoisotopic (exact) mass is 594 g/mol. The Morgan fingerprint density at radius 1 is 0.977 bits per heavy atom. The summed E-state index contributed by atoms with van der Waals surface area (Å²) in [7, 11) is 0. The first-order valence-corrected chi connectivity index (χ1v) is 13.6. The van der Waals surface area contributed by atoms with Gasteiger partial charge in [0.25, 0.3) is 5.91 Å². The van der Waals surface area contributed by atoms with Crippen molar-refractivity contribution in [1.29, 1.82) is 0 Å². The molecular formula is C30H26F4N6O3. The largest absolute Gasteiger partial charge is 0.406 e. The number of anilines is 1. The predicted molar refractivity (Wildman–Crippen MR) is 152 cm³/mol. The zero-order valence-electron chi connectivity index (χ0n) is 22.6. The number of benzene rings is 3. The number of nitrogens with zero attached hydrogens (tertiary/aromatic N) is 4. The molecule has 2 aliphatic rings. The van der Waals surface area contributed by atoms with Crippen LogP contribution in [-0.2, 0) is 4.79 Å². The van der Waals surface area contributed by atoms with Crippen LogP contribution in [-0.4, -0.2) is 64.1 Å². The Morgan fingerprint density at radius 2 is 1.67 bits per heavy atom. The number of piperidine rings is 1. The zero-order valence-corrected chi connectivity index (χ0v) is 22.6. The maximum absolute atomic E-state index is 13.7. The first kappa shape index (κ1) is 28.2. The summed E-state index contributed by atoms with van der Waals surface area (Å²) in [6.45, 7) is -1.14. The maximum Gasteiger partial charge on any atom is 0.406 e. The van der Waals surface area contributed by atoms with Gasteiger partial charge in [0.05, 0.1) is 22.4 Å². The van der Waals surface area contributed by atoms with Crippen molar-refractivity contribution in [3.8, 4) is 0 Å². The molecule has 222 valence electrons. The number of aliphatic imine (C=N–C) groups is 1. The number of halogens is 4. The van der Waals surface area contributed by atoms with Crippen LogP contribution >= 0.6 is 0 Å². The summed E-state index contributed by atoms with van der Waals surface area (Å²) in [6.07, 6.45) is -5.55. The van der Waals surface area contributed by atoms with Crippen molar-refractivity contribution in [2.45, 2.75) is 31.2 Å². The van der Waals surface area contributed by atoms with E-state index in [1.165, 1.54) is 35.2 Å². The Bertz CT molecular complexity index is 1770. The quantitative estimate of drug-likeness (QED) is 0.338. The van der Waals surface area contributed by atoms with Gasteiger partial charge in [0.2, 0.25) is 6.17 Å². The summed E-state index contributed by atoms with van der Waals surface area (Å²) < 4.78 is 56.2. The second-order valence-corrected chi connectivity index (χ2v) is 10.4. The lowest BCUT2D eigenvalue weighted by Gasteiger charge is -2.33. The third-order valence-corrected chi connectivity index (χ3v) is 7.65. The fraction of sp³-hybridized carbons (Fsp3) is 0.267. The van der Waals surface area contributed by atoms with Crippen molar-refractivity contribution in [1.82, 2.24) is 19.8 Å². The molecule has 13 heteroatoms. The fourth-order valence-electron chi connectivity index (χ4n) is 5.69. The summed E-state index contributed by atoms with van der Waals surface area (Å²) >= 11 is 0. The Morgan fingerprint density at radius 3 is 2.40 bits per heavy atom. The van der Waals surface area contributed by atoms with Gasteiger partial charge in [-0.2, -0.15) is 13.2 Å². The second kappa shape index (κ2) is 11.0. The summed E-state index contributed by atoms with van der Waals surface area (Å²) in [4.78, 5) is 48.8. The molecule has 0 aliphatic carbocycles. The van der Waals surface area contributed by atoms with Gasteiger partial charge in [0, 0.05) is 30.3 Å². The summed E-state index contributed by atoms with van der Waals surface area (Å²) in [5.74, 6) is -1.49. The lowest BCUT2D eigenvalue weighted by molar-refractivity contribution is -0.133. The highest BCUT2D eigenvalue weighted by Crippen LogP contribution is 2.31. The van der Waals surface area contributed by atoms with Crippen LogP contribution in [0.25, 0.3) is 11.0 Å². The molecule has 0 unspecified atom stereocenters. The second-order valence-electron chi connectivity index (χ2n) is 10.4. The van der Waals surface area contributed by atoms with Gasteiger partial charge in [-0.1, -0.05) is 48.5 Å². The molecule has 6 rings (SSSR count). The van der Waals surface area contributed by atoms with E-state index in [1.807, 2.05) is 0 Å². The molecule has 0 bridgehead atoms. The normalized spacial score (nSPS) is 17.9. The Labute approximate surface area is 242 Å². The zero-order chi connectivity index (χ0) is 30.3. The van der Waals surface area contributed by atoms with E-state index in [0.29, 0.717) is 39.9 Å². The summed E-state index contributed by atoms with van der Waals surface area (Å²) in [5, 5.41) is 2.55. The van der Waals surface area contributed by atoms with Crippen LogP contribution in [0.4, 0.5) is 28.0 Å². The molecule has 1 saturated heterocycles. The van der Waals surface area contributed by atoms with Gasteiger partial charge in [0.1, 0.15) is 12.4 Å². The summed E-state index contributed by atoms with van der Waals surface area (Å²) in [5.41, 5.74) is 1.73. The fourth-order valence-corrected chi connectivity index (χ4v) is 5.69. The van der Waals surface area contributed by atoms with Crippen LogP contribution in [0.15, 0.2) is 82.6 Å². The number of fused-ring (bicyclic) bond motifs is 2. The van der Waals surface area contributed by atoms with Crippen molar-refractivity contribution >= 4 is 34.4 Å². The van der Waals surface area contributed by atoms with Crippen molar-refractivity contribution in [3.05, 3.63) is 100 Å². The highest BCUT2D eigenvalue weighted by molar-refractivity contribution is 6.20. The molecule has 1 fully saturated rings. The van der Waals surface area contributed by atoms with Gasteiger partial charge in [-0.15, -0.1) is 0 Å². The van der Waals surface area contributed by atoms with Crippen LogP contribution in [0.1, 0.15) is 30.0 Å². The number of hydrogen-bond acceptors (Lipinski definition) is 4. The molecule has 0 saturated carbocycles. The van der Waals surface area contributed by atoms with Crippen molar-refractivity contribution < 1.29 is 27.2 Å². The van der Waals surface area contributed by atoms with E-state index >= 15 is 0 Å². The minimum absolute atomic E-state index is 0.0362. The van der Waals surface area contributed by atoms with E-state index in [4.69, 9.17) is 0 Å². The maximum atomic E-state index is 13.7. The van der Waals surface area contributed by atoms with Crippen molar-refractivity contribution in [2.75, 3.05) is 24.5 Å². The van der Waals surface area contributed by atoms with Crippen LogP contribution in [0, 0.1) is 5.82 Å². The number of para-hydroxylation sites is 1. The number of alkyl halides is 3. The van der Waals surface area contributed by atoms with Gasteiger partial charge in [-0.3, -0.25) is 14.3 Å². The van der Waals surface area contributed by atoms with Crippen LogP contribution < -0.4 is 15.9 Å². The number of hydrogen-bond donors (Lipinski definition) is 2. The molecule has 2 N–H and O–H groups in total. The molecule has 0 radical (unpaired) electrons. The Balaban J connectivity index is 1.26. The van der Waals surface area contributed by atoms with E-state index in [9.17, 15) is 31.9 Å². The number of carbonyl (C=O) groups is 2. The van der Waals surface area contributed by atoms with Crippen LogP contribution in [0.3, 0.4) is 0 Å². The molecule has 1 atom stereocenters. The van der Waals surface area contributed by atoms with Gasteiger partial charge in [-0.05, 0) is 37.1 Å². The minimum Gasteiger partial charge on any atom is -0.325 e. The molecule has 9 nitrogen and oxygen atoms in total. The third kappa shape index (κ3) is 5.62. The highest BCUT2D eigenvalue weighted by Gasteiger charge is 2.40. The number of H-pyrrole nitrogens is 1. The number of aromatic amines is 1. The Hall–Kier alpha value is -4.94. The number of imidazole rings is 1. The first-order valence-electron chi connectivity index (χ1n) is 13.6. The number of likely N-dealkylation sites (tertiary alicyclic amines) is 1. The average molecular weight is 595 g/mol. The van der Waals surface area contributed by atoms with Crippen molar-refractivity contribution in [3.63, 3.8) is 0 Å². The van der Waals surface area contributed by atoms with Crippen LogP contribution in [0.2, 0.25) is 0 Å². The minimum atomic E-state index is -4.71. The third-order valence-electron chi connectivity index (χ3n) is 7.65. The SMILES string of the molecule is O=C(N[C@@H]1N=C(c2ccccc2)c2ccccc2N(CC(F)(F)F)C1=O)N1CCC(n2c(=O)[nH]c3cc(F)ccc32)CC1. The number of carbonyl (C=O) groups excluding carboxylic acids is 2.